The van der Waals surface area contributed by atoms with Crippen molar-refractivity contribution in [2.45, 2.75) is 44.8 Å². The van der Waals surface area contributed by atoms with E-state index in [-0.39, 0.29) is 5.57 Å². The van der Waals surface area contributed by atoms with Gasteiger partial charge in [-0.05, 0) is 25.3 Å². The summed E-state index contributed by atoms with van der Waals surface area (Å²) in [4.78, 5) is 11.5. The number of aliphatic hydroxyl groups excluding tert-OH is 2. The van der Waals surface area contributed by atoms with Crippen molar-refractivity contribution in [1.82, 2.24) is 0 Å². The summed E-state index contributed by atoms with van der Waals surface area (Å²) < 4.78 is 5.11. The molecule has 0 bridgehead atoms. The number of aliphatic hydroxyl groups is 2. The van der Waals surface area contributed by atoms with Crippen LogP contribution in [0.1, 0.15) is 32.6 Å². The van der Waals surface area contributed by atoms with Gasteiger partial charge in [-0.1, -0.05) is 13.3 Å². The van der Waals surface area contributed by atoms with E-state index in [2.05, 4.69) is 0 Å². The molecule has 0 fully saturated rings. The lowest BCUT2D eigenvalue weighted by atomic mass is 9.87. The van der Waals surface area contributed by atoms with Crippen LogP contribution in [-0.4, -0.2) is 28.4 Å². The second-order valence-electron chi connectivity index (χ2n) is 4.19. The van der Waals surface area contributed by atoms with Crippen LogP contribution in [0, 0.1) is 0 Å². The first kappa shape index (κ1) is 11.4. The maximum absolute atomic E-state index is 11.5. The Labute approximate surface area is 94.2 Å². The smallest absolute Gasteiger partial charge is 0.342 e. The van der Waals surface area contributed by atoms with Crippen molar-refractivity contribution in [1.29, 1.82) is 0 Å². The van der Waals surface area contributed by atoms with Crippen LogP contribution in [0.15, 0.2) is 23.0 Å². The number of carbonyl (C=O) groups excluding carboxylic acids is 1. The molecule has 0 radical (unpaired) electrons. The van der Waals surface area contributed by atoms with Crippen LogP contribution in [-0.2, 0) is 9.53 Å². The molecular weight excluding hydrogens is 208 g/mol. The molecule has 0 spiro atoms. The quantitative estimate of drug-likeness (QED) is 0.688. The molecule has 0 aromatic heterocycles. The molecule has 0 aromatic rings. The van der Waals surface area contributed by atoms with E-state index >= 15 is 0 Å². The molecule has 1 heterocycles. The largest absolute Gasteiger partial charge is 0.423 e. The number of hydrogen-bond acceptors (Lipinski definition) is 4. The molecule has 0 unspecified atom stereocenters. The number of carbonyl (C=O) groups is 1. The first-order valence-corrected chi connectivity index (χ1v) is 5.67. The van der Waals surface area contributed by atoms with E-state index in [1.165, 1.54) is 0 Å². The van der Waals surface area contributed by atoms with E-state index in [0.717, 1.165) is 18.4 Å². The highest BCUT2D eigenvalue weighted by Gasteiger charge is 2.40. The molecule has 2 rings (SSSR count). The summed E-state index contributed by atoms with van der Waals surface area (Å²) in [5, 5.41) is 19.2. The standard InChI is InChI=1S/C12H16O4/c1-2-3-4-9-7-5-6-8(13)11(14)10(7)12(15)16-9/h4,8,11,13-14H,2-3,5-6H2,1H3/b9-4-/t8-,11+/m0/s1. The average Bonchev–Trinajstić information content (AvgIpc) is 2.58. The Morgan fingerprint density at radius 3 is 2.94 bits per heavy atom. The van der Waals surface area contributed by atoms with Crippen molar-refractivity contribution in [2.75, 3.05) is 0 Å². The lowest BCUT2D eigenvalue weighted by Gasteiger charge is -2.22. The predicted octanol–water partition coefficient (Wildman–Crippen LogP) is 1.04. The van der Waals surface area contributed by atoms with Gasteiger partial charge in [0.1, 0.15) is 11.9 Å². The number of allylic oxidation sites excluding steroid dienone is 2. The third-order valence-corrected chi connectivity index (χ3v) is 3.01. The molecule has 2 aliphatic rings. The Kier molecular flexibility index (Phi) is 3.12. The fraction of sp³-hybridized carbons (Fsp3) is 0.583. The Balaban J connectivity index is 2.31. The SMILES string of the molecule is CCC/C=C1\OC(=O)C2=C1CC[C@H](O)[C@H]2O. The lowest BCUT2D eigenvalue weighted by molar-refractivity contribution is -0.135. The van der Waals surface area contributed by atoms with Gasteiger partial charge in [-0.15, -0.1) is 0 Å². The summed E-state index contributed by atoms with van der Waals surface area (Å²) in [6.45, 7) is 2.04. The summed E-state index contributed by atoms with van der Waals surface area (Å²) in [6.07, 6.45) is 2.83. The minimum absolute atomic E-state index is 0.251. The van der Waals surface area contributed by atoms with Gasteiger partial charge in [-0.2, -0.15) is 0 Å². The predicted molar refractivity (Wildman–Crippen MR) is 57.4 cm³/mol. The minimum Gasteiger partial charge on any atom is -0.423 e. The molecule has 0 saturated carbocycles. The first-order chi connectivity index (χ1) is 7.65. The van der Waals surface area contributed by atoms with E-state index in [4.69, 9.17) is 4.74 Å². The highest BCUT2D eigenvalue weighted by molar-refractivity contribution is 5.96. The van der Waals surface area contributed by atoms with Crippen molar-refractivity contribution >= 4 is 5.97 Å². The van der Waals surface area contributed by atoms with E-state index in [1.807, 2.05) is 13.0 Å². The van der Waals surface area contributed by atoms with Crippen LogP contribution >= 0.6 is 0 Å². The summed E-state index contributed by atoms with van der Waals surface area (Å²) in [7, 11) is 0. The van der Waals surface area contributed by atoms with Crippen LogP contribution in [0.4, 0.5) is 0 Å². The summed E-state index contributed by atoms with van der Waals surface area (Å²) in [5.41, 5.74) is 1.03. The molecule has 4 heteroatoms. The Bertz CT molecular complexity index is 367. The van der Waals surface area contributed by atoms with Crippen LogP contribution < -0.4 is 0 Å². The molecule has 0 saturated heterocycles. The van der Waals surface area contributed by atoms with E-state index < -0.39 is 18.2 Å². The molecule has 0 aromatic carbocycles. The van der Waals surface area contributed by atoms with Gasteiger partial charge in [0.15, 0.2) is 0 Å². The Hall–Kier alpha value is -1.13. The van der Waals surface area contributed by atoms with Gasteiger partial charge >= 0.3 is 5.97 Å². The lowest BCUT2D eigenvalue weighted by Crippen LogP contribution is -2.33. The van der Waals surface area contributed by atoms with Crippen LogP contribution in [0.25, 0.3) is 0 Å². The number of hydrogen-bond donors (Lipinski definition) is 2. The molecule has 1 aliphatic carbocycles. The van der Waals surface area contributed by atoms with Gasteiger partial charge in [0.05, 0.1) is 11.7 Å². The molecule has 16 heavy (non-hydrogen) atoms. The third-order valence-electron chi connectivity index (χ3n) is 3.01. The molecule has 88 valence electrons. The maximum Gasteiger partial charge on any atom is 0.342 e. The van der Waals surface area contributed by atoms with Gasteiger partial charge in [-0.3, -0.25) is 0 Å². The van der Waals surface area contributed by atoms with E-state index in [0.29, 0.717) is 18.6 Å². The molecule has 1 aliphatic heterocycles. The second-order valence-corrected chi connectivity index (χ2v) is 4.19. The van der Waals surface area contributed by atoms with Crippen molar-refractivity contribution in [3.8, 4) is 0 Å². The zero-order valence-corrected chi connectivity index (χ0v) is 9.27. The van der Waals surface area contributed by atoms with Crippen molar-refractivity contribution in [3.63, 3.8) is 0 Å². The summed E-state index contributed by atoms with van der Waals surface area (Å²) in [6, 6.07) is 0. The van der Waals surface area contributed by atoms with Crippen LogP contribution in [0.2, 0.25) is 0 Å². The van der Waals surface area contributed by atoms with Gasteiger partial charge in [-0.25, -0.2) is 4.79 Å². The van der Waals surface area contributed by atoms with Crippen molar-refractivity contribution < 1.29 is 19.7 Å². The number of rotatable bonds is 2. The zero-order valence-electron chi connectivity index (χ0n) is 9.27. The average molecular weight is 224 g/mol. The summed E-state index contributed by atoms with van der Waals surface area (Å²) in [5.74, 6) is 0.0661. The number of ether oxygens (including phenoxy) is 1. The normalized spacial score (nSPS) is 31.9. The van der Waals surface area contributed by atoms with Gasteiger partial charge < -0.3 is 14.9 Å². The van der Waals surface area contributed by atoms with Crippen molar-refractivity contribution in [2.24, 2.45) is 0 Å². The highest BCUT2D eigenvalue weighted by Crippen LogP contribution is 2.37. The monoisotopic (exact) mass is 224 g/mol. The molecule has 2 atom stereocenters. The molecule has 0 amide bonds. The van der Waals surface area contributed by atoms with Gasteiger partial charge in [0, 0.05) is 5.57 Å². The second kappa shape index (κ2) is 4.39. The number of cyclic esters (lactones) is 1. The number of unbranched alkanes of at least 4 members (excludes halogenated alkanes) is 1. The fourth-order valence-electron chi connectivity index (χ4n) is 2.11. The Morgan fingerprint density at radius 2 is 2.25 bits per heavy atom. The zero-order chi connectivity index (χ0) is 11.7. The van der Waals surface area contributed by atoms with Gasteiger partial charge in [0.2, 0.25) is 0 Å². The van der Waals surface area contributed by atoms with Crippen LogP contribution in [0.5, 0.6) is 0 Å². The van der Waals surface area contributed by atoms with Crippen LogP contribution in [0.3, 0.4) is 0 Å². The molecule has 2 N–H and O–H groups in total. The first-order valence-electron chi connectivity index (χ1n) is 5.67. The third kappa shape index (κ3) is 1.79. The minimum atomic E-state index is -1.09. The van der Waals surface area contributed by atoms with E-state index in [1.54, 1.807) is 0 Å². The molecule has 4 nitrogen and oxygen atoms in total. The van der Waals surface area contributed by atoms with Crippen molar-refractivity contribution in [3.05, 3.63) is 23.0 Å². The summed E-state index contributed by atoms with van der Waals surface area (Å²) >= 11 is 0. The topological polar surface area (TPSA) is 66.8 Å². The molecular formula is C12H16O4. The maximum atomic E-state index is 11.5. The number of esters is 1. The fourth-order valence-corrected chi connectivity index (χ4v) is 2.11. The Morgan fingerprint density at radius 1 is 1.50 bits per heavy atom. The van der Waals surface area contributed by atoms with Gasteiger partial charge in [0.25, 0.3) is 0 Å². The van der Waals surface area contributed by atoms with E-state index in [9.17, 15) is 15.0 Å². The highest BCUT2D eigenvalue weighted by atomic mass is 16.5.